The van der Waals surface area contributed by atoms with Crippen LogP contribution in [0.5, 0.6) is 0 Å². The van der Waals surface area contributed by atoms with Gasteiger partial charge < -0.3 is 4.74 Å². The highest BCUT2D eigenvalue weighted by atomic mass is 32.2. The summed E-state index contributed by atoms with van der Waals surface area (Å²) < 4.78 is 32.8. The average molecular weight is 383 g/mol. The summed E-state index contributed by atoms with van der Waals surface area (Å²) in [6, 6.07) is 19.5. The van der Waals surface area contributed by atoms with Gasteiger partial charge in [-0.15, -0.1) is 0 Å². The molecular formula is C21H21NO4S. The molecule has 3 aromatic rings. The van der Waals surface area contributed by atoms with Crippen molar-refractivity contribution < 1.29 is 17.9 Å². The molecule has 3 rings (SSSR count). The lowest BCUT2D eigenvalue weighted by Crippen LogP contribution is -2.36. The Hall–Kier alpha value is -2.86. The smallest absolute Gasteiger partial charge is 0.326 e. The molecule has 0 spiro atoms. The molecule has 5 nitrogen and oxygen atoms in total. The van der Waals surface area contributed by atoms with Gasteiger partial charge in [0.05, 0.1) is 17.2 Å². The maximum absolute atomic E-state index is 13.3. The first-order valence-corrected chi connectivity index (χ1v) is 10.1. The minimum atomic E-state index is -3.94. The fourth-order valence-corrected chi connectivity index (χ4v) is 4.31. The summed E-state index contributed by atoms with van der Waals surface area (Å²) in [6.07, 6.45) is 0. The number of aryl methyl sites for hydroxylation is 1. The fraction of sp³-hybridized carbons (Fsp3) is 0.190. The van der Waals surface area contributed by atoms with E-state index in [1.807, 2.05) is 37.3 Å². The Morgan fingerprint density at radius 2 is 1.70 bits per heavy atom. The fourth-order valence-electron chi connectivity index (χ4n) is 2.88. The molecule has 0 aliphatic carbocycles. The molecule has 0 fully saturated rings. The Bertz CT molecular complexity index is 1080. The molecule has 3 aromatic carbocycles. The van der Waals surface area contributed by atoms with E-state index in [4.69, 9.17) is 4.74 Å². The molecule has 140 valence electrons. The Kier molecular flexibility index (Phi) is 5.46. The molecule has 0 aliphatic rings. The molecule has 27 heavy (non-hydrogen) atoms. The molecule has 0 atom stereocenters. The minimum absolute atomic E-state index is 0.131. The second kappa shape index (κ2) is 7.80. The first kappa shape index (κ1) is 18.9. The number of hydrogen-bond acceptors (Lipinski definition) is 4. The van der Waals surface area contributed by atoms with Gasteiger partial charge in [-0.1, -0.05) is 42.5 Å². The number of hydrogen-bond donors (Lipinski definition) is 0. The number of anilines is 1. The molecule has 0 aromatic heterocycles. The van der Waals surface area contributed by atoms with E-state index in [1.54, 1.807) is 43.3 Å². The van der Waals surface area contributed by atoms with Crippen LogP contribution < -0.4 is 4.31 Å². The molecule has 0 radical (unpaired) electrons. The number of fused-ring (bicyclic) bond motifs is 1. The Balaban J connectivity index is 2.08. The molecule has 0 bridgehead atoms. The van der Waals surface area contributed by atoms with Crippen LogP contribution in [0.2, 0.25) is 0 Å². The summed E-state index contributed by atoms with van der Waals surface area (Å²) in [5.74, 6) is -0.594. The third-order valence-corrected chi connectivity index (χ3v) is 5.95. The summed E-state index contributed by atoms with van der Waals surface area (Å²) in [4.78, 5) is 12.2. The van der Waals surface area contributed by atoms with Crippen LogP contribution in [0.3, 0.4) is 0 Å². The van der Waals surface area contributed by atoms with Gasteiger partial charge in [-0.2, -0.15) is 0 Å². The first-order valence-electron chi connectivity index (χ1n) is 8.65. The van der Waals surface area contributed by atoms with Crippen molar-refractivity contribution in [3.63, 3.8) is 0 Å². The lowest BCUT2D eigenvalue weighted by Gasteiger charge is -2.24. The monoisotopic (exact) mass is 383 g/mol. The average Bonchev–Trinajstić information content (AvgIpc) is 2.66. The van der Waals surface area contributed by atoms with E-state index in [9.17, 15) is 13.2 Å². The predicted molar refractivity (Wildman–Crippen MR) is 106 cm³/mol. The van der Waals surface area contributed by atoms with Gasteiger partial charge in [0.25, 0.3) is 10.0 Å². The van der Waals surface area contributed by atoms with Gasteiger partial charge in [0.15, 0.2) is 0 Å². The predicted octanol–water partition coefficient (Wildman–Crippen LogP) is 3.91. The molecule has 0 N–H and O–H groups in total. The number of nitrogens with zero attached hydrogens (tertiary/aromatic N) is 1. The van der Waals surface area contributed by atoms with Crippen molar-refractivity contribution in [1.29, 1.82) is 0 Å². The Morgan fingerprint density at radius 1 is 0.963 bits per heavy atom. The highest BCUT2D eigenvalue weighted by Gasteiger charge is 2.28. The van der Waals surface area contributed by atoms with Crippen LogP contribution in [0.4, 0.5) is 5.69 Å². The summed E-state index contributed by atoms with van der Waals surface area (Å²) in [5.41, 5.74) is 1.33. The van der Waals surface area contributed by atoms with Gasteiger partial charge in [-0.3, -0.25) is 9.10 Å². The number of esters is 1. The van der Waals surface area contributed by atoms with E-state index < -0.39 is 16.0 Å². The molecule has 0 saturated heterocycles. The van der Waals surface area contributed by atoms with E-state index in [0.29, 0.717) is 5.69 Å². The summed E-state index contributed by atoms with van der Waals surface area (Å²) >= 11 is 0. The second-order valence-corrected chi connectivity index (χ2v) is 8.03. The molecular weight excluding hydrogens is 362 g/mol. The third kappa shape index (κ3) is 4.11. The lowest BCUT2D eigenvalue weighted by molar-refractivity contribution is -0.141. The second-order valence-electron chi connectivity index (χ2n) is 6.16. The summed E-state index contributed by atoms with van der Waals surface area (Å²) in [7, 11) is -3.94. The van der Waals surface area contributed by atoms with Crippen molar-refractivity contribution in [3.8, 4) is 0 Å². The highest BCUT2D eigenvalue weighted by Crippen LogP contribution is 2.27. The molecule has 0 heterocycles. The van der Waals surface area contributed by atoms with E-state index in [-0.39, 0.29) is 18.0 Å². The van der Waals surface area contributed by atoms with E-state index >= 15 is 0 Å². The lowest BCUT2D eigenvalue weighted by atomic mass is 10.1. The zero-order valence-electron chi connectivity index (χ0n) is 15.3. The number of benzene rings is 3. The number of carbonyl (C=O) groups is 1. The van der Waals surface area contributed by atoms with E-state index in [1.165, 1.54) is 0 Å². The summed E-state index contributed by atoms with van der Waals surface area (Å²) in [5, 5.41) is 1.77. The molecule has 0 amide bonds. The van der Waals surface area contributed by atoms with Crippen molar-refractivity contribution in [3.05, 3.63) is 72.3 Å². The standard InChI is InChI=1S/C21H21NO4S/c1-3-26-21(23)15-22(19-10-6-7-16(2)13-19)27(24,25)20-12-11-17-8-4-5-9-18(17)14-20/h4-14H,3,15H2,1-2H3. The third-order valence-electron chi connectivity index (χ3n) is 4.18. The van der Waals surface area contributed by atoms with Crippen molar-refractivity contribution >= 4 is 32.5 Å². The number of sulfonamides is 1. The zero-order valence-corrected chi connectivity index (χ0v) is 16.1. The Morgan fingerprint density at radius 3 is 2.41 bits per heavy atom. The normalized spacial score (nSPS) is 11.3. The van der Waals surface area contributed by atoms with Crippen LogP contribution in [0.15, 0.2) is 71.6 Å². The Labute approximate surface area is 159 Å². The number of carbonyl (C=O) groups excluding carboxylic acids is 1. The van der Waals surface area contributed by atoms with Gasteiger partial charge in [-0.05, 0) is 54.4 Å². The molecule has 0 saturated carbocycles. The van der Waals surface area contributed by atoms with Crippen molar-refractivity contribution in [2.45, 2.75) is 18.7 Å². The van der Waals surface area contributed by atoms with Gasteiger partial charge in [0.2, 0.25) is 0 Å². The van der Waals surface area contributed by atoms with Crippen LogP contribution in [0, 0.1) is 6.92 Å². The van der Waals surface area contributed by atoms with Crippen molar-refractivity contribution in [2.75, 3.05) is 17.5 Å². The van der Waals surface area contributed by atoms with Gasteiger partial charge in [0.1, 0.15) is 6.54 Å². The van der Waals surface area contributed by atoms with Gasteiger partial charge >= 0.3 is 5.97 Å². The topological polar surface area (TPSA) is 63.7 Å². The summed E-state index contributed by atoms with van der Waals surface area (Å²) in [6.45, 7) is 3.37. The van der Waals surface area contributed by atoms with Crippen molar-refractivity contribution in [1.82, 2.24) is 0 Å². The molecule has 0 aliphatic heterocycles. The van der Waals surface area contributed by atoms with Gasteiger partial charge in [0, 0.05) is 0 Å². The van der Waals surface area contributed by atoms with Crippen LogP contribution in [-0.4, -0.2) is 27.5 Å². The largest absolute Gasteiger partial charge is 0.465 e. The van der Waals surface area contributed by atoms with E-state index in [0.717, 1.165) is 20.6 Å². The van der Waals surface area contributed by atoms with E-state index in [2.05, 4.69) is 0 Å². The van der Waals surface area contributed by atoms with Crippen LogP contribution in [0.1, 0.15) is 12.5 Å². The molecule has 6 heteroatoms. The molecule has 0 unspecified atom stereocenters. The zero-order chi connectivity index (χ0) is 19.4. The quantitative estimate of drug-likeness (QED) is 0.606. The number of rotatable bonds is 6. The van der Waals surface area contributed by atoms with Crippen LogP contribution >= 0.6 is 0 Å². The SMILES string of the molecule is CCOC(=O)CN(c1cccc(C)c1)S(=O)(=O)c1ccc2ccccc2c1. The number of ether oxygens (including phenoxy) is 1. The minimum Gasteiger partial charge on any atom is -0.465 e. The van der Waals surface area contributed by atoms with Gasteiger partial charge in [-0.25, -0.2) is 8.42 Å². The maximum Gasteiger partial charge on any atom is 0.326 e. The van der Waals surface area contributed by atoms with Crippen molar-refractivity contribution in [2.24, 2.45) is 0 Å². The van der Waals surface area contributed by atoms with Crippen LogP contribution in [0.25, 0.3) is 10.8 Å². The maximum atomic E-state index is 13.3. The first-order chi connectivity index (χ1) is 12.9. The highest BCUT2D eigenvalue weighted by molar-refractivity contribution is 7.92. The van der Waals surface area contributed by atoms with Crippen LogP contribution in [-0.2, 0) is 19.6 Å².